The Bertz CT molecular complexity index is 442. The van der Waals surface area contributed by atoms with E-state index in [0.717, 1.165) is 6.42 Å². The summed E-state index contributed by atoms with van der Waals surface area (Å²) in [6, 6.07) is 8.61. The second-order valence-corrected chi connectivity index (χ2v) is 6.37. The van der Waals surface area contributed by atoms with Gasteiger partial charge in [0.25, 0.3) is 0 Å². The normalized spacial score (nSPS) is 11.4. The number of rotatable bonds is 9. The average molecular weight is 289 g/mol. The van der Waals surface area contributed by atoms with Crippen molar-refractivity contribution >= 4 is 5.96 Å². The standard InChI is InChI=1S/C18H31N3/c1-4-10-18(3,11-5-2)12-9-15-7-6-8-16(13-15)14-21-17(19)20/h6-8,13H,4-5,9-12,14H2,1-3H3,(H4,19,20,21). The number of aliphatic imine (C=N–C) groups is 1. The van der Waals surface area contributed by atoms with E-state index in [0.29, 0.717) is 12.0 Å². The summed E-state index contributed by atoms with van der Waals surface area (Å²) in [7, 11) is 0. The van der Waals surface area contributed by atoms with E-state index in [4.69, 9.17) is 11.5 Å². The molecule has 0 aliphatic heterocycles. The molecular formula is C18H31N3. The molecule has 21 heavy (non-hydrogen) atoms. The van der Waals surface area contributed by atoms with Crippen LogP contribution in [0.3, 0.4) is 0 Å². The zero-order chi connectivity index (χ0) is 15.7. The number of hydrogen-bond acceptors (Lipinski definition) is 1. The third-order valence-electron chi connectivity index (χ3n) is 4.16. The predicted octanol–water partition coefficient (Wildman–Crippen LogP) is 4.00. The van der Waals surface area contributed by atoms with E-state index in [1.54, 1.807) is 0 Å². The van der Waals surface area contributed by atoms with Crippen molar-refractivity contribution in [3.63, 3.8) is 0 Å². The van der Waals surface area contributed by atoms with Gasteiger partial charge in [0.15, 0.2) is 5.96 Å². The van der Waals surface area contributed by atoms with E-state index in [-0.39, 0.29) is 5.96 Å². The molecule has 0 bridgehead atoms. The molecule has 0 atom stereocenters. The molecule has 0 aliphatic rings. The Hall–Kier alpha value is -1.51. The van der Waals surface area contributed by atoms with Crippen molar-refractivity contribution in [1.29, 1.82) is 0 Å². The van der Waals surface area contributed by atoms with Crippen LogP contribution in [0.5, 0.6) is 0 Å². The molecule has 4 N–H and O–H groups in total. The molecule has 0 radical (unpaired) electrons. The molecule has 0 heterocycles. The zero-order valence-corrected chi connectivity index (χ0v) is 13.9. The van der Waals surface area contributed by atoms with Crippen LogP contribution in [0.2, 0.25) is 0 Å². The summed E-state index contributed by atoms with van der Waals surface area (Å²) in [5.41, 5.74) is 13.8. The highest BCUT2D eigenvalue weighted by molar-refractivity contribution is 5.75. The van der Waals surface area contributed by atoms with Crippen LogP contribution in [0.4, 0.5) is 0 Å². The van der Waals surface area contributed by atoms with Crippen LogP contribution in [0.25, 0.3) is 0 Å². The third-order valence-corrected chi connectivity index (χ3v) is 4.16. The first-order valence-corrected chi connectivity index (χ1v) is 8.12. The van der Waals surface area contributed by atoms with E-state index < -0.39 is 0 Å². The zero-order valence-electron chi connectivity index (χ0n) is 13.9. The van der Waals surface area contributed by atoms with Gasteiger partial charge in [0.05, 0.1) is 6.54 Å². The first-order chi connectivity index (χ1) is 9.99. The fraction of sp³-hybridized carbons (Fsp3) is 0.611. The Morgan fingerprint density at radius 2 is 1.67 bits per heavy atom. The van der Waals surface area contributed by atoms with E-state index in [9.17, 15) is 0 Å². The smallest absolute Gasteiger partial charge is 0.186 e. The predicted molar refractivity (Wildman–Crippen MR) is 92.2 cm³/mol. The minimum absolute atomic E-state index is 0.152. The van der Waals surface area contributed by atoms with Crippen molar-refractivity contribution in [2.45, 2.75) is 65.8 Å². The van der Waals surface area contributed by atoms with Crippen molar-refractivity contribution in [3.05, 3.63) is 35.4 Å². The highest BCUT2D eigenvalue weighted by Crippen LogP contribution is 2.34. The summed E-state index contributed by atoms with van der Waals surface area (Å²) in [4.78, 5) is 4.08. The Balaban J connectivity index is 2.65. The number of nitrogens with two attached hydrogens (primary N) is 2. The highest BCUT2D eigenvalue weighted by Gasteiger charge is 2.21. The van der Waals surface area contributed by atoms with Gasteiger partial charge in [0.1, 0.15) is 0 Å². The van der Waals surface area contributed by atoms with Crippen LogP contribution in [0.1, 0.15) is 64.0 Å². The van der Waals surface area contributed by atoms with Crippen molar-refractivity contribution in [2.24, 2.45) is 21.9 Å². The SMILES string of the molecule is CCCC(C)(CCC)CCc1cccc(CN=C(N)N)c1. The van der Waals surface area contributed by atoms with Crippen molar-refractivity contribution in [3.8, 4) is 0 Å². The summed E-state index contributed by atoms with van der Waals surface area (Å²) in [6.45, 7) is 7.56. The highest BCUT2D eigenvalue weighted by atomic mass is 15.0. The fourth-order valence-corrected chi connectivity index (χ4v) is 3.09. The molecule has 1 aromatic carbocycles. The summed E-state index contributed by atoms with van der Waals surface area (Å²) < 4.78 is 0. The Labute approximate surface area is 129 Å². The summed E-state index contributed by atoms with van der Waals surface area (Å²) in [6.07, 6.45) is 7.54. The van der Waals surface area contributed by atoms with Crippen LogP contribution >= 0.6 is 0 Å². The number of aryl methyl sites for hydroxylation is 1. The lowest BCUT2D eigenvalue weighted by molar-refractivity contribution is 0.244. The molecule has 3 heteroatoms. The minimum Gasteiger partial charge on any atom is -0.370 e. The molecule has 1 aromatic rings. The Morgan fingerprint density at radius 3 is 2.24 bits per heavy atom. The van der Waals surface area contributed by atoms with Gasteiger partial charge in [-0.1, -0.05) is 57.9 Å². The number of nitrogens with zero attached hydrogens (tertiary/aromatic N) is 1. The van der Waals surface area contributed by atoms with Gasteiger partial charge in [0.2, 0.25) is 0 Å². The number of hydrogen-bond donors (Lipinski definition) is 2. The molecule has 0 amide bonds. The van der Waals surface area contributed by atoms with Crippen LogP contribution in [-0.4, -0.2) is 5.96 Å². The molecular weight excluding hydrogens is 258 g/mol. The Kier molecular flexibility index (Phi) is 7.27. The van der Waals surface area contributed by atoms with E-state index in [2.05, 4.69) is 50.0 Å². The van der Waals surface area contributed by atoms with E-state index >= 15 is 0 Å². The molecule has 0 unspecified atom stereocenters. The maximum Gasteiger partial charge on any atom is 0.186 e. The molecule has 0 fully saturated rings. The van der Waals surface area contributed by atoms with Gasteiger partial charge in [-0.15, -0.1) is 0 Å². The summed E-state index contributed by atoms with van der Waals surface area (Å²) >= 11 is 0. The van der Waals surface area contributed by atoms with Gasteiger partial charge in [-0.25, -0.2) is 4.99 Å². The topological polar surface area (TPSA) is 64.4 Å². The summed E-state index contributed by atoms with van der Waals surface area (Å²) in [5.74, 6) is 0.152. The van der Waals surface area contributed by atoms with E-state index in [1.165, 1.54) is 43.2 Å². The van der Waals surface area contributed by atoms with Gasteiger partial charge in [0, 0.05) is 0 Å². The quantitative estimate of drug-likeness (QED) is 0.533. The van der Waals surface area contributed by atoms with Crippen LogP contribution < -0.4 is 11.5 Å². The van der Waals surface area contributed by atoms with Crippen LogP contribution in [0, 0.1) is 5.41 Å². The maximum absolute atomic E-state index is 5.39. The van der Waals surface area contributed by atoms with Crippen molar-refractivity contribution in [2.75, 3.05) is 0 Å². The molecule has 3 nitrogen and oxygen atoms in total. The molecule has 1 rings (SSSR count). The summed E-state index contributed by atoms with van der Waals surface area (Å²) in [5, 5.41) is 0. The average Bonchev–Trinajstić information content (AvgIpc) is 2.44. The first kappa shape index (κ1) is 17.5. The third kappa shape index (κ3) is 6.65. The monoisotopic (exact) mass is 289 g/mol. The van der Waals surface area contributed by atoms with E-state index in [1.807, 2.05) is 0 Å². The largest absolute Gasteiger partial charge is 0.370 e. The van der Waals surface area contributed by atoms with Gasteiger partial charge in [-0.05, 0) is 42.2 Å². The molecule has 0 spiro atoms. The molecule has 0 aromatic heterocycles. The van der Waals surface area contributed by atoms with Crippen molar-refractivity contribution < 1.29 is 0 Å². The molecule has 118 valence electrons. The Morgan fingerprint density at radius 1 is 1.05 bits per heavy atom. The lowest BCUT2D eigenvalue weighted by Gasteiger charge is -2.29. The molecule has 0 saturated carbocycles. The minimum atomic E-state index is 0.152. The van der Waals surface area contributed by atoms with Crippen LogP contribution in [0.15, 0.2) is 29.3 Å². The lowest BCUT2D eigenvalue weighted by atomic mass is 9.77. The molecule has 0 aliphatic carbocycles. The lowest BCUT2D eigenvalue weighted by Crippen LogP contribution is -2.22. The van der Waals surface area contributed by atoms with Gasteiger partial charge >= 0.3 is 0 Å². The van der Waals surface area contributed by atoms with Crippen LogP contribution in [-0.2, 0) is 13.0 Å². The maximum atomic E-state index is 5.39. The van der Waals surface area contributed by atoms with Gasteiger partial charge < -0.3 is 11.5 Å². The second-order valence-electron chi connectivity index (χ2n) is 6.37. The first-order valence-electron chi connectivity index (χ1n) is 8.12. The van der Waals surface area contributed by atoms with Crippen molar-refractivity contribution in [1.82, 2.24) is 0 Å². The van der Waals surface area contributed by atoms with Gasteiger partial charge in [-0.2, -0.15) is 0 Å². The number of guanidine groups is 1. The fourth-order valence-electron chi connectivity index (χ4n) is 3.09. The second kappa shape index (κ2) is 8.71. The van der Waals surface area contributed by atoms with Gasteiger partial charge in [-0.3, -0.25) is 0 Å². The number of benzene rings is 1. The molecule has 0 saturated heterocycles.